The van der Waals surface area contributed by atoms with Crippen molar-refractivity contribution in [2.24, 2.45) is 10.9 Å². The van der Waals surface area contributed by atoms with Crippen LogP contribution in [0.2, 0.25) is 0 Å². The van der Waals surface area contributed by atoms with E-state index in [9.17, 15) is 13.6 Å². The number of piperidine rings is 1. The van der Waals surface area contributed by atoms with Crippen molar-refractivity contribution in [3.63, 3.8) is 0 Å². The van der Waals surface area contributed by atoms with E-state index in [2.05, 4.69) is 20.6 Å². The molecule has 0 radical (unpaired) electrons. The topological polar surface area (TPSA) is 75.6 Å². The molecule has 0 saturated carbocycles. The molecule has 0 unspecified atom stereocenters. The molecule has 0 aliphatic carbocycles. The highest BCUT2D eigenvalue weighted by Gasteiger charge is 2.23. The van der Waals surface area contributed by atoms with E-state index in [1.165, 1.54) is 0 Å². The SMILES string of the molecule is O=C1CC(COc2cc(F)cc(F)c2)=Nc2c1ccnc2CNCC1CCNCC1. The standard InChI is InChI=1S/C22H24F2N4O2/c23-15-7-16(24)9-18(8-15)30-13-17-10-21(29)19-3-6-27-20(22(19)28-17)12-26-11-14-1-4-25-5-2-14/h3,6-9,14,25-26H,1-2,4-5,10-13H2. The lowest BCUT2D eigenvalue weighted by Gasteiger charge is -2.23. The minimum absolute atomic E-state index is 0.0229. The summed E-state index contributed by atoms with van der Waals surface area (Å²) in [7, 11) is 0. The van der Waals surface area contributed by atoms with Crippen LogP contribution in [-0.2, 0) is 6.54 Å². The van der Waals surface area contributed by atoms with Gasteiger partial charge in [-0.3, -0.25) is 14.8 Å². The van der Waals surface area contributed by atoms with Gasteiger partial charge in [0.05, 0.1) is 23.5 Å². The predicted molar refractivity (Wildman–Crippen MR) is 109 cm³/mol. The summed E-state index contributed by atoms with van der Waals surface area (Å²) >= 11 is 0. The van der Waals surface area contributed by atoms with Crippen molar-refractivity contribution >= 4 is 17.2 Å². The monoisotopic (exact) mass is 414 g/mol. The maximum absolute atomic E-state index is 13.3. The number of rotatable bonds is 7. The number of Topliss-reactive ketones (excluding diaryl/α,β-unsaturated/α-hetero) is 1. The second-order valence-electron chi connectivity index (χ2n) is 7.65. The number of nitrogens with zero attached hydrogens (tertiary/aromatic N) is 2. The molecule has 30 heavy (non-hydrogen) atoms. The van der Waals surface area contributed by atoms with Gasteiger partial charge in [-0.1, -0.05) is 0 Å². The van der Waals surface area contributed by atoms with Gasteiger partial charge in [-0.05, 0) is 44.5 Å². The van der Waals surface area contributed by atoms with Crippen molar-refractivity contribution in [2.45, 2.75) is 25.8 Å². The number of hydrogen-bond acceptors (Lipinski definition) is 6. The van der Waals surface area contributed by atoms with Gasteiger partial charge in [-0.25, -0.2) is 8.78 Å². The molecular formula is C22H24F2N4O2. The number of ketones is 1. The Bertz CT molecular complexity index is 938. The van der Waals surface area contributed by atoms with Crippen molar-refractivity contribution in [2.75, 3.05) is 26.2 Å². The van der Waals surface area contributed by atoms with Crippen LogP contribution in [0, 0.1) is 17.6 Å². The molecule has 6 nitrogen and oxygen atoms in total. The fraction of sp³-hybridized carbons (Fsp3) is 0.409. The number of halogens is 2. The summed E-state index contributed by atoms with van der Waals surface area (Å²) in [6.07, 6.45) is 4.03. The fourth-order valence-corrected chi connectivity index (χ4v) is 3.80. The van der Waals surface area contributed by atoms with Crippen LogP contribution in [-0.4, -0.2) is 42.7 Å². The summed E-state index contributed by atoms with van der Waals surface area (Å²) in [5.41, 5.74) is 2.31. The van der Waals surface area contributed by atoms with Crippen molar-refractivity contribution < 1.29 is 18.3 Å². The number of aromatic nitrogens is 1. The van der Waals surface area contributed by atoms with Crippen LogP contribution in [0.25, 0.3) is 0 Å². The first-order chi connectivity index (χ1) is 14.6. The number of nitrogens with one attached hydrogen (secondary N) is 2. The van der Waals surface area contributed by atoms with Gasteiger partial charge in [0.15, 0.2) is 5.78 Å². The molecule has 3 heterocycles. The zero-order chi connectivity index (χ0) is 20.9. The Morgan fingerprint density at radius 2 is 1.93 bits per heavy atom. The number of hydrogen-bond donors (Lipinski definition) is 2. The molecule has 0 spiro atoms. The third kappa shape index (κ3) is 5.06. The molecule has 1 fully saturated rings. The summed E-state index contributed by atoms with van der Waals surface area (Å²) in [5, 5.41) is 6.79. The lowest BCUT2D eigenvalue weighted by molar-refractivity contribution is 0.0998. The van der Waals surface area contributed by atoms with E-state index in [0.29, 0.717) is 35.1 Å². The Balaban J connectivity index is 1.44. The molecule has 2 N–H and O–H groups in total. The van der Waals surface area contributed by atoms with E-state index in [1.54, 1.807) is 12.3 Å². The van der Waals surface area contributed by atoms with Gasteiger partial charge in [-0.2, -0.15) is 0 Å². The second kappa shape index (κ2) is 9.40. The molecule has 1 saturated heterocycles. The Hall–Kier alpha value is -2.71. The largest absolute Gasteiger partial charge is 0.487 e. The second-order valence-corrected chi connectivity index (χ2v) is 7.65. The normalized spacial score (nSPS) is 16.9. The first kappa shape index (κ1) is 20.6. The highest BCUT2D eigenvalue weighted by atomic mass is 19.1. The van der Waals surface area contributed by atoms with Crippen LogP contribution in [0.1, 0.15) is 35.3 Å². The highest BCUT2D eigenvalue weighted by Crippen LogP contribution is 2.29. The Labute approximate surface area is 173 Å². The third-order valence-electron chi connectivity index (χ3n) is 5.36. The van der Waals surface area contributed by atoms with Gasteiger partial charge in [0, 0.05) is 36.5 Å². The lowest BCUT2D eigenvalue weighted by Crippen LogP contribution is -2.33. The zero-order valence-electron chi connectivity index (χ0n) is 16.6. The number of fused-ring (bicyclic) bond motifs is 1. The van der Waals surface area contributed by atoms with Crippen molar-refractivity contribution in [1.82, 2.24) is 15.6 Å². The average Bonchev–Trinajstić information content (AvgIpc) is 2.73. The van der Waals surface area contributed by atoms with E-state index in [1.807, 2.05) is 0 Å². The summed E-state index contributed by atoms with van der Waals surface area (Å²) in [4.78, 5) is 21.6. The van der Waals surface area contributed by atoms with Crippen molar-refractivity contribution in [3.05, 3.63) is 53.4 Å². The van der Waals surface area contributed by atoms with Crippen molar-refractivity contribution in [3.8, 4) is 5.75 Å². The summed E-state index contributed by atoms with van der Waals surface area (Å²) in [6.45, 7) is 3.48. The maximum atomic E-state index is 13.3. The molecule has 4 rings (SSSR count). The van der Waals surface area contributed by atoms with Gasteiger partial charge in [0.25, 0.3) is 0 Å². The van der Waals surface area contributed by atoms with Crippen LogP contribution in [0.3, 0.4) is 0 Å². The highest BCUT2D eigenvalue weighted by molar-refractivity contribution is 6.16. The molecule has 2 aliphatic rings. The van der Waals surface area contributed by atoms with Gasteiger partial charge >= 0.3 is 0 Å². The smallest absolute Gasteiger partial charge is 0.170 e. The maximum Gasteiger partial charge on any atom is 0.170 e. The number of aliphatic imine (C=N–C) groups is 1. The average molecular weight is 414 g/mol. The minimum atomic E-state index is -0.719. The Kier molecular flexibility index (Phi) is 6.44. The number of pyridine rings is 1. The van der Waals surface area contributed by atoms with E-state index in [0.717, 1.165) is 50.7 Å². The molecule has 1 aromatic carbocycles. The van der Waals surface area contributed by atoms with Crippen LogP contribution >= 0.6 is 0 Å². The summed E-state index contributed by atoms with van der Waals surface area (Å²) < 4.78 is 32.1. The minimum Gasteiger partial charge on any atom is -0.487 e. The zero-order valence-corrected chi connectivity index (χ0v) is 16.6. The van der Waals surface area contributed by atoms with Gasteiger partial charge in [0.1, 0.15) is 24.0 Å². The molecule has 0 amide bonds. The van der Waals surface area contributed by atoms with Crippen LogP contribution in [0.4, 0.5) is 14.5 Å². The first-order valence-electron chi connectivity index (χ1n) is 10.2. The Morgan fingerprint density at radius 1 is 1.17 bits per heavy atom. The number of carbonyl (C=O) groups is 1. The van der Waals surface area contributed by atoms with E-state index in [-0.39, 0.29) is 24.6 Å². The summed E-state index contributed by atoms with van der Waals surface area (Å²) in [5.74, 6) is -0.812. The van der Waals surface area contributed by atoms with Gasteiger partial charge < -0.3 is 15.4 Å². The summed E-state index contributed by atoms with van der Waals surface area (Å²) in [6, 6.07) is 4.65. The molecule has 8 heteroatoms. The number of carbonyl (C=O) groups excluding carboxylic acids is 1. The van der Waals surface area contributed by atoms with E-state index in [4.69, 9.17) is 4.74 Å². The van der Waals surface area contributed by atoms with E-state index >= 15 is 0 Å². The van der Waals surface area contributed by atoms with E-state index < -0.39 is 11.6 Å². The lowest BCUT2D eigenvalue weighted by atomic mass is 9.98. The van der Waals surface area contributed by atoms with Gasteiger partial charge in [0.2, 0.25) is 0 Å². The molecular weight excluding hydrogens is 390 g/mol. The molecule has 2 aromatic rings. The van der Waals surface area contributed by atoms with Crippen LogP contribution in [0.15, 0.2) is 35.5 Å². The molecule has 1 aromatic heterocycles. The van der Waals surface area contributed by atoms with Crippen LogP contribution < -0.4 is 15.4 Å². The molecule has 0 atom stereocenters. The number of benzene rings is 1. The number of ether oxygens (including phenoxy) is 1. The molecule has 158 valence electrons. The third-order valence-corrected chi connectivity index (χ3v) is 5.36. The first-order valence-corrected chi connectivity index (χ1v) is 10.2. The van der Waals surface area contributed by atoms with Crippen LogP contribution in [0.5, 0.6) is 5.75 Å². The Morgan fingerprint density at radius 3 is 2.70 bits per heavy atom. The van der Waals surface area contributed by atoms with Crippen molar-refractivity contribution in [1.29, 1.82) is 0 Å². The quantitative estimate of drug-likeness (QED) is 0.728. The van der Waals surface area contributed by atoms with Gasteiger partial charge in [-0.15, -0.1) is 0 Å². The predicted octanol–water partition coefficient (Wildman–Crippen LogP) is 3.19. The molecule has 2 aliphatic heterocycles. The molecule has 0 bridgehead atoms. The fourth-order valence-electron chi connectivity index (χ4n) is 3.80.